The van der Waals surface area contributed by atoms with Crippen LogP contribution in [0.25, 0.3) is 16.9 Å². The maximum absolute atomic E-state index is 11.9. The van der Waals surface area contributed by atoms with Gasteiger partial charge in [0.25, 0.3) is 5.56 Å². The van der Waals surface area contributed by atoms with Crippen LogP contribution < -0.4 is 5.56 Å². The number of rotatable bonds is 6. The Bertz CT molecular complexity index is 1030. The lowest BCUT2D eigenvalue weighted by atomic mass is 10.00. The van der Waals surface area contributed by atoms with E-state index in [4.69, 9.17) is 5.10 Å². The van der Waals surface area contributed by atoms with E-state index in [0.29, 0.717) is 12.0 Å². The summed E-state index contributed by atoms with van der Waals surface area (Å²) in [4.78, 5) is 16.6. The molecular weight excluding hydrogens is 336 g/mol. The molecule has 0 bridgehead atoms. The number of aromatic nitrogens is 4. The number of nitrogens with zero attached hydrogens (tertiary/aromatic N) is 4. The normalized spacial score (nSPS) is 15.1. The van der Waals surface area contributed by atoms with E-state index in [2.05, 4.69) is 31.8 Å². The summed E-state index contributed by atoms with van der Waals surface area (Å²) < 4.78 is 3.55. The molecule has 0 N–H and O–H groups in total. The third-order valence-electron chi connectivity index (χ3n) is 5.44. The monoisotopic (exact) mass is 362 g/mol. The average Bonchev–Trinajstić information content (AvgIpc) is 3.16. The third-order valence-corrected chi connectivity index (χ3v) is 5.44. The molecule has 5 nitrogen and oxygen atoms in total. The summed E-state index contributed by atoms with van der Waals surface area (Å²) in [7, 11) is 0. The molecule has 0 amide bonds. The molecule has 3 aromatic rings. The van der Waals surface area contributed by atoms with Crippen LogP contribution in [-0.2, 0) is 13.0 Å². The molecule has 0 aromatic carbocycles. The molecule has 0 unspecified atom stereocenters. The number of hydrogen-bond acceptors (Lipinski definition) is 3. The van der Waals surface area contributed by atoms with Gasteiger partial charge < -0.3 is 4.57 Å². The summed E-state index contributed by atoms with van der Waals surface area (Å²) in [6, 6.07) is 7.61. The molecule has 1 aliphatic rings. The topological polar surface area (TPSA) is 52.7 Å². The Balaban J connectivity index is 1.61. The maximum atomic E-state index is 11.9. The standard InChI is InChI=1S/C22H26N4O/c1-4-10-25-15-18(5-6-21(25)27)26-11-7-20(24-26)19-14-23-17(12-16(19)2)13-22(3)8-9-22/h5-7,11-12,14-15H,4,8-10,13H2,1-3H3. The van der Waals surface area contributed by atoms with Gasteiger partial charge in [-0.1, -0.05) is 13.8 Å². The molecule has 27 heavy (non-hydrogen) atoms. The summed E-state index contributed by atoms with van der Waals surface area (Å²) >= 11 is 0. The fourth-order valence-corrected chi connectivity index (χ4v) is 3.49. The van der Waals surface area contributed by atoms with Crippen LogP contribution in [-0.4, -0.2) is 19.3 Å². The highest BCUT2D eigenvalue weighted by molar-refractivity contribution is 5.62. The SMILES string of the molecule is CCCn1cc(-n2ccc(-c3cnc(CC4(C)CC4)cc3C)n2)ccc1=O. The molecule has 5 heteroatoms. The summed E-state index contributed by atoms with van der Waals surface area (Å²) in [5, 5.41) is 4.72. The minimum absolute atomic E-state index is 0.0213. The highest BCUT2D eigenvalue weighted by Crippen LogP contribution is 2.47. The average molecular weight is 362 g/mol. The zero-order chi connectivity index (χ0) is 19.0. The molecule has 0 radical (unpaired) electrons. The molecule has 0 saturated heterocycles. The van der Waals surface area contributed by atoms with Crippen LogP contribution in [0.15, 0.2) is 47.7 Å². The molecule has 3 heterocycles. The van der Waals surface area contributed by atoms with Gasteiger partial charge >= 0.3 is 0 Å². The van der Waals surface area contributed by atoms with Crippen LogP contribution in [0.5, 0.6) is 0 Å². The van der Waals surface area contributed by atoms with E-state index < -0.39 is 0 Å². The summed E-state index contributed by atoms with van der Waals surface area (Å²) in [6.45, 7) is 7.23. The van der Waals surface area contributed by atoms with Gasteiger partial charge in [0.2, 0.25) is 0 Å². The Morgan fingerprint density at radius 3 is 2.74 bits per heavy atom. The van der Waals surface area contributed by atoms with Gasteiger partial charge in [0.05, 0.1) is 11.4 Å². The lowest BCUT2D eigenvalue weighted by Crippen LogP contribution is -2.19. The Kier molecular flexibility index (Phi) is 4.46. The second-order valence-electron chi connectivity index (χ2n) is 8.04. The first-order valence-electron chi connectivity index (χ1n) is 9.70. The van der Waals surface area contributed by atoms with Gasteiger partial charge in [-0.3, -0.25) is 9.78 Å². The molecule has 1 saturated carbocycles. The molecule has 1 aliphatic carbocycles. The second-order valence-corrected chi connectivity index (χ2v) is 8.04. The summed E-state index contributed by atoms with van der Waals surface area (Å²) in [5.74, 6) is 0. The Morgan fingerprint density at radius 1 is 1.22 bits per heavy atom. The minimum atomic E-state index is 0.0213. The first-order valence-corrected chi connectivity index (χ1v) is 9.70. The van der Waals surface area contributed by atoms with Crippen molar-refractivity contribution in [2.75, 3.05) is 0 Å². The first kappa shape index (κ1) is 17.7. The zero-order valence-corrected chi connectivity index (χ0v) is 16.3. The predicted molar refractivity (Wildman–Crippen MR) is 107 cm³/mol. The van der Waals surface area contributed by atoms with Crippen molar-refractivity contribution >= 4 is 0 Å². The van der Waals surface area contributed by atoms with Gasteiger partial charge in [-0.05, 0) is 61.8 Å². The van der Waals surface area contributed by atoms with Crippen molar-refractivity contribution in [2.24, 2.45) is 5.41 Å². The number of aryl methyl sites for hydroxylation is 2. The van der Waals surface area contributed by atoms with Crippen molar-refractivity contribution in [1.82, 2.24) is 19.3 Å². The zero-order valence-electron chi connectivity index (χ0n) is 16.3. The molecule has 0 spiro atoms. The van der Waals surface area contributed by atoms with Crippen LogP contribution in [0, 0.1) is 12.3 Å². The summed E-state index contributed by atoms with van der Waals surface area (Å²) in [5.41, 5.74) is 5.70. The molecule has 3 aromatic heterocycles. The van der Waals surface area contributed by atoms with Crippen LogP contribution in [0.2, 0.25) is 0 Å². The summed E-state index contributed by atoms with van der Waals surface area (Å²) in [6.07, 6.45) is 10.3. The first-order chi connectivity index (χ1) is 13.0. The fourth-order valence-electron chi connectivity index (χ4n) is 3.49. The van der Waals surface area contributed by atoms with Crippen LogP contribution >= 0.6 is 0 Å². The van der Waals surface area contributed by atoms with Gasteiger partial charge in [0, 0.05) is 42.5 Å². The van der Waals surface area contributed by atoms with Crippen molar-refractivity contribution in [3.8, 4) is 16.9 Å². The van der Waals surface area contributed by atoms with Crippen molar-refractivity contribution in [3.05, 3.63) is 64.5 Å². The molecule has 0 atom stereocenters. The smallest absolute Gasteiger partial charge is 0.250 e. The largest absolute Gasteiger partial charge is 0.313 e. The minimum Gasteiger partial charge on any atom is -0.313 e. The Hall–Kier alpha value is -2.69. The number of pyridine rings is 2. The van der Waals surface area contributed by atoms with Crippen molar-refractivity contribution in [2.45, 2.75) is 53.0 Å². The van der Waals surface area contributed by atoms with Crippen molar-refractivity contribution in [3.63, 3.8) is 0 Å². The fraction of sp³-hybridized carbons (Fsp3) is 0.409. The van der Waals surface area contributed by atoms with Crippen molar-refractivity contribution < 1.29 is 0 Å². The quantitative estimate of drug-likeness (QED) is 0.662. The molecule has 0 aliphatic heterocycles. The van der Waals surface area contributed by atoms with Gasteiger partial charge in [-0.15, -0.1) is 0 Å². The van der Waals surface area contributed by atoms with Gasteiger partial charge in [-0.25, -0.2) is 4.68 Å². The van der Waals surface area contributed by atoms with E-state index in [-0.39, 0.29) is 5.56 Å². The van der Waals surface area contributed by atoms with Gasteiger partial charge in [0.1, 0.15) is 0 Å². The van der Waals surface area contributed by atoms with Crippen LogP contribution in [0.3, 0.4) is 0 Å². The molecular formula is C22H26N4O. The lowest BCUT2D eigenvalue weighted by Gasteiger charge is -2.10. The Labute approximate surface area is 159 Å². The maximum Gasteiger partial charge on any atom is 0.250 e. The molecule has 140 valence electrons. The van der Waals surface area contributed by atoms with E-state index in [1.54, 1.807) is 10.6 Å². The second kappa shape index (κ2) is 6.80. The highest BCUT2D eigenvalue weighted by atomic mass is 16.1. The van der Waals surface area contributed by atoms with E-state index in [9.17, 15) is 4.79 Å². The van der Waals surface area contributed by atoms with E-state index in [1.807, 2.05) is 35.4 Å². The highest BCUT2D eigenvalue weighted by Gasteiger charge is 2.37. The predicted octanol–water partition coefficient (Wildman–Crippen LogP) is 4.16. The van der Waals surface area contributed by atoms with Crippen LogP contribution in [0.1, 0.15) is 44.4 Å². The van der Waals surface area contributed by atoms with Crippen molar-refractivity contribution in [1.29, 1.82) is 0 Å². The van der Waals surface area contributed by atoms with E-state index >= 15 is 0 Å². The molecule has 4 rings (SSSR count). The van der Waals surface area contributed by atoms with E-state index in [1.165, 1.54) is 24.1 Å². The lowest BCUT2D eigenvalue weighted by molar-refractivity contribution is 0.561. The third kappa shape index (κ3) is 3.72. The van der Waals surface area contributed by atoms with E-state index in [0.717, 1.165) is 29.8 Å². The Morgan fingerprint density at radius 2 is 2.04 bits per heavy atom. The van der Waals surface area contributed by atoms with Crippen LogP contribution in [0.4, 0.5) is 0 Å². The number of hydrogen-bond donors (Lipinski definition) is 0. The molecule has 1 fully saturated rings. The van der Waals surface area contributed by atoms with Gasteiger partial charge in [-0.2, -0.15) is 5.10 Å². The van der Waals surface area contributed by atoms with Gasteiger partial charge in [0.15, 0.2) is 0 Å².